The van der Waals surface area contributed by atoms with Crippen LogP contribution in [0.15, 0.2) is 53.5 Å². The largest absolute Gasteiger partial charge is 0.370 e. The minimum atomic E-state index is -0.501. The van der Waals surface area contributed by atoms with Gasteiger partial charge in [-0.2, -0.15) is 0 Å². The fourth-order valence-electron chi connectivity index (χ4n) is 2.72. The molecular formula is C18H20F2IN3. The molecular weight excluding hydrogens is 423 g/mol. The Bertz CT molecular complexity index is 686. The summed E-state index contributed by atoms with van der Waals surface area (Å²) in [6.45, 7) is 0.578. The number of halogens is 3. The first-order valence-electron chi connectivity index (χ1n) is 7.69. The van der Waals surface area contributed by atoms with Crippen LogP contribution in [-0.4, -0.2) is 18.5 Å². The van der Waals surface area contributed by atoms with Gasteiger partial charge in [-0.15, -0.1) is 24.0 Å². The standard InChI is InChI=1S/C18H19F2N3.HI/c19-14-7-4-8-15(20)17(14)13-11-16(13)23-18(21)22-10-9-12-5-2-1-3-6-12;/h1-8,13,16H,9-11H2,(H3,21,22,23);1H. The average molecular weight is 443 g/mol. The number of hydrogen-bond donors (Lipinski definition) is 2. The van der Waals surface area contributed by atoms with Gasteiger partial charge in [-0.3, -0.25) is 4.99 Å². The highest BCUT2D eigenvalue weighted by Crippen LogP contribution is 2.42. The van der Waals surface area contributed by atoms with Gasteiger partial charge in [0.2, 0.25) is 0 Å². The van der Waals surface area contributed by atoms with E-state index in [-0.39, 0.29) is 41.5 Å². The lowest BCUT2D eigenvalue weighted by atomic mass is 10.1. The van der Waals surface area contributed by atoms with Crippen LogP contribution in [0.3, 0.4) is 0 Å². The topological polar surface area (TPSA) is 50.4 Å². The zero-order valence-corrected chi connectivity index (χ0v) is 15.4. The Balaban J connectivity index is 0.00000208. The molecule has 2 aromatic rings. The summed E-state index contributed by atoms with van der Waals surface area (Å²) in [6, 6.07) is 13.9. The van der Waals surface area contributed by atoms with Gasteiger partial charge in [-0.25, -0.2) is 8.78 Å². The van der Waals surface area contributed by atoms with E-state index in [1.54, 1.807) is 0 Å². The molecule has 3 N–H and O–H groups in total. The molecule has 1 aliphatic carbocycles. The normalized spacial score (nSPS) is 19.5. The van der Waals surface area contributed by atoms with Crippen LogP contribution in [0.2, 0.25) is 0 Å². The van der Waals surface area contributed by atoms with Crippen molar-refractivity contribution in [2.24, 2.45) is 10.7 Å². The molecule has 2 unspecified atom stereocenters. The van der Waals surface area contributed by atoms with E-state index < -0.39 is 11.6 Å². The molecule has 0 aromatic heterocycles. The van der Waals surface area contributed by atoms with E-state index in [1.165, 1.54) is 23.8 Å². The van der Waals surface area contributed by atoms with E-state index in [2.05, 4.69) is 10.3 Å². The van der Waals surface area contributed by atoms with Crippen molar-refractivity contribution in [2.75, 3.05) is 6.54 Å². The Morgan fingerprint density at radius 1 is 1.08 bits per heavy atom. The molecule has 2 aromatic carbocycles. The third-order valence-corrected chi connectivity index (χ3v) is 4.02. The van der Waals surface area contributed by atoms with Crippen molar-refractivity contribution < 1.29 is 8.78 Å². The van der Waals surface area contributed by atoms with Gasteiger partial charge in [-0.05, 0) is 30.5 Å². The van der Waals surface area contributed by atoms with Gasteiger partial charge in [0.15, 0.2) is 5.96 Å². The monoisotopic (exact) mass is 443 g/mol. The Labute approximate surface area is 157 Å². The first kappa shape index (κ1) is 18.6. The van der Waals surface area contributed by atoms with Crippen molar-refractivity contribution in [3.05, 3.63) is 71.3 Å². The average Bonchev–Trinajstić information content (AvgIpc) is 3.27. The van der Waals surface area contributed by atoms with Gasteiger partial charge in [-0.1, -0.05) is 36.4 Å². The molecule has 0 aliphatic heterocycles. The van der Waals surface area contributed by atoms with Crippen molar-refractivity contribution >= 4 is 29.9 Å². The van der Waals surface area contributed by atoms with Crippen molar-refractivity contribution in [1.82, 2.24) is 5.32 Å². The molecule has 0 heterocycles. The summed E-state index contributed by atoms with van der Waals surface area (Å²) in [6.07, 6.45) is 1.46. The molecule has 1 aliphatic rings. The SMILES string of the molecule is I.NC(=NCCc1ccccc1)NC1CC1c1c(F)cccc1F. The molecule has 128 valence electrons. The molecule has 0 radical (unpaired) electrons. The maximum absolute atomic E-state index is 13.7. The molecule has 2 atom stereocenters. The Morgan fingerprint density at radius 2 is 1.75 bits per heavy atom. The summed E-state index contributed by atoms with van der Waals surface area (Å²) in [5.74, 6) is -0.859. The number of nitrogens with one attached hydrogen (secondary N) is 1. The Kier molecular flexibility index (Phi) is 6.53. The van der Waals surface area contributed by atoms with Crippen LogP contribution in [0.1, 0.15) is 23.5 Å². The van der Waals surface area contributed by atoms with Crippen molar-refractivity contribution in [1.29, 1.82) is 0 Å². The number of nitrogens with two attached hydrogens (primary N) is 1. The van der Waals surface area contributed by atoms with Crippen molar-refractivity contribution in [2.45, 2.75) is 24.8 Å². The number of benzene rings is 2. The summed E-state index contributed by atoms with van der Waals surface area (Å²) in [4.78, 5) is 4.27. The number of guanidine groups is 1. The first-order chi connectivity index (χ1) is 11.1. The van der Waals surface area contributed by atoms with Gasteiger partial charge in [0, 0.05) is 24.1 Å². The van der Waals surface area contributed by atoms with E-state index in [0.717, 1.165) is 6.42 Å². The lowest BCUT2D eigenvalue weighted by molar-refractivity contribution is 0.554. The molecule has 0 saturated heterocycles. The minimum absolute atomic E-state index is 0. The Morgan fingerprint density at radius 3 is 2.42 bits per heavy atom. The Hall–Kier alpha value is -1.70. The van der Waals surface area contributed by atoms with Crippen LogP contribution >= 0.6 is 24.0 Å². The quantitative estimate of drug-likeness (QED) is 0.422. The molecule has 24 heavy (non-hydrogen) atoms. The summed E-state index contributed by atoms with van der Waals surface area (Å²) in [7, 11) is 0. The van der Waals surface area contributed by atoms with Crippen LogP contribution in [0.4, 0.5) is 8.78 Å². The number of aliphatic imine (C=N–C) groups is 1. The lowest BCUT2D eigenvalue weighted by Crippen LogP contribution is -2.34. The fraction of sp³-hybridized carbons (Fsp3) is 0.278. The molecule has 0 amide bonds. The number of rotatable bonds is 5. The van der Waals surface area contributed by atoms with Gasteiger partial charge >= 0.3 is 0 Å². The molecule has 1 fully saturated rings. The predicted molar refractivity (Wildman–Crippen MR) is 103 cm³/mol. The smallest absolute Gasteiger partial charge is 0.188 e. The van der Waals surface area contributed by atoms with Gasteiger partial charge in [0.25, 0.3) is 0 Å². The maximum atomic E-state index is 13.7. The van der Waals surface area contributed by atoms with Crippen molar-refractivity contribution in [3.8, 4) is 0 Å². The lowest BCUT2D eigenvalue weighted by Gasteiger charge is -2.07. The fourth-order valence-corrected chi connectivity index (χ4v) is 2.72. The summed E-state index contributed by atoms with van der Waals surface area (Å²) in [5.41, 5.74) is 7.18. The molecule has 3 rings (SSSR count). The van der Waals surface area contributed by atoms with Gasteiger partial charge in [0.05, 0.1) is 0 Å². The van der Waals surface area contributed by atoms with Gasteiger partial charge in [0.1, 0.15) is 11.6 Å². The van der Waals surface area contributed by atoms with E-state index in [4.69, 9.17) is 5.73 Å². The summed E-state index contributed by atoms with van der Waals surface area (Å²) in [5, 5.41) is 3.04. The van der Waals surface area contributed by atoms with Crippen LogP contribution in [0.25, 0.3) is 0 Å². The molecule has 0 spiro atoms. The highest BCUT2D eigenvalue weighted by molar-refractivity contribution is 14.0. The zero-order chi connectivity index (χ0) is 16.2. The predicted octanol–water partition coefficient (Wildman–Crippen LogP) is 3.59. The van der Waals surface area contributed by atoms with Crippen LogP contribution in [-0.2, 0) is 6.42 Å². The summed E-state index contributed by atoms with van der Waals surface area (Å²) >= 11 is 0. The minimum Gasteiger partial charge on any atom is -0.370 e. The second kappa shape index (κ2) is 8.41. The third-order valence-electron chi connectivity index (χ3n) is 4.02. The molecule has 3 nitrogen and oxygen atoms in total. The van der Waals surface area contributed by atoms with Crippen molar-refractivity contribution in [3.63, 3.8) is 0 Å². The second-order valence-electron chi connectivity index (χ2n) is 5.73. The van der Waals surface area contributed by atoms with Crippen LogP contribution < -0.4 is 11.1 Å². The number of nitrogens with zero attached hydrogens (tertiary/aromatic N) is 1. The van der Waals surface area contributed by atoms with E-state index >= 15 is 0 Å². The molecule has 6 heteroatoms. The number of hydrogen-bond acceptors (Lipinski definition) is 1. The highest BCUT2D eigenvalue weighted by Gasteiger charge is 2.42. The molecule has 0 bridgehead atoms. The van der Waals surface area contributed by atoms with E-state index in [0.29, 0.717) is 18.9 Å². The first-order valence-corrected chi connectivity index (χ1v) is 7.69. The third kappa shape index (κ3) is 4.66. The van der Waals surface area contributed by atoms with E-state index in [9.17, 15) is 8.78 Å². The summed E-state index contributed by atoms with van der Waals surface area (Å²) < 4.78 is 27.4. The van der Waals surface area contributed by atoms with E-state index in [1.807, 2.05) is 30.3 Å². The second-order valence-corrected chi connectivity index (χ2v) is 5.73. The van der Waals surface area contributed by atoms with Crippen LogP contribution in [0, 0.1) is 11.6 Å². The maximum Gasteiger partial charge on any atom is 0.188 e. The van der Waals surface area contributed by atoms with Crippen LogP contribution in [0.5, 0.6) is 0 Å². The van der Waals surface area contributed by atoms with Gasteiger partial charge < -0.3 is 11.1 Å². The zero-order valence-electron chi connectivity index (χ0n) is 13.1. The highest BCUT2D eigenvalue weighted by atomic mass is 127. The molecule has 1 saturated carbocycles.